The molecule has 0 saturated carbocycles. The van der Waals surface area contributed by atoms with Crippen molar-refractivity contribution in [1.29, 1.82) is 0 Å². The number of hydrogen-bond donors (Lipinski definition) is 1. The van der Waals surface area contributed by atoms with Gasteiger partial charge in [-0.15, -0.1) is 0 Å². The number of pyridine rings is 1. The van der Waals surface area contributed by atoms with Gasteiger partial charge in [0.2, 0.25) is 6.79 Å². The first-order valence-corrected chi connectivity index (χ1v) is 6.95. The van der Waals surface area contributed by atoms with E-state index in [2.05, 4.69) is 10.3 Å². The zero-order valence-corrected chi connectivity index (χ0v) is 12.3. The molecule has 1 aromatic carbocycles. The topological polar surface area (TPSA) is 86.8 Å². The number of benzene rings is 1. The third-order valence-corrected chi connectivity index (χ3v) is 3.19. The number of hydrogen-bond acceptors (Lipinski definition) is 6. The monoisotopic (exact) mass is 314 g/mol. The number of fused-ring (bicyclic) bond motifs is 1. The summed E-state index contributed by atoms with van der Waals surface area (Å²) in [6.45, 7) is 1.66. The van der Waals surface area contributed by atoms with Crippen LogP contribution < -0.4 is 14.8 Å². The first-order valence-electron chi connectivity index (χ1n) is 6.95. The second-order valence-electron chi connectivity index (χ2n) is 4.85. The Labute approximate surface area is 132 Å². The van der Waals surface area contributed by atoms with E-state index in [0.717, 1.165) is 0 Å². The van der Waals surface area contributed by atoms with Crippen molar-refractivity contribution in [1.82, 2.24) is 4.98 Å². The molecule has 118 valence electrons. The van der Waals surface area contributed by atoms with Crippen molar-refractivity contribution in [3.05, 3.63) is 48.3 Å². The van der Waals surface area contributed by atoms with Crippen molar-refractivity contribution < 1.29 is 23.8 Å². The maximum atomic E-state index is 12.1. The molecule has 2 heterocycles. The molecule has 0 spiro atoms. The zero-order valence-electron chi connectivity index (χ0n) is 12.3. The molecule has 0 unspecified atom stereocenters. The summed E-state index contributed by atoms with van der Waals surface area (Å²) in [6.07, 6.45) is 1.98. The van der Waals surface area contributed by atoms with E-state index in [-0.39, 0.29) is 12.4 Å². The predicted octanol–water partition coefficient (Wildman–Crippen LogP) is 1.99. The van der Waals surface area contributed by atoms with Crippen molar-refractivity contribution in [2.45, 2.75) is 13.0 Å². The minimum absolute atomic E-state index is 0.159. The average Bonchev–Trinajstić information content (AvgIpc) is 3.03. The summed E-state index contributed by atoms with van der Waals surface area (Å²) in [6, 6.07) is 8.22. The second-order valence-corrected chi connectivity index (χ2v) is 4.85. The van der Waals surface area contributed by atoms with Crippen LogP contribution in [0, 0.1) is 0 Å². The molecule has 0 saturated heterocycles. The Morgan fingerprint density at radius 3 is 2.87 bits per heavy atom. The highest BCUT2D eigenvalue weighted by molar-refractivity contribution is 5.97. The third kappa shape index (κ3) is 3.39. The Kier molecular flexibility index (Phi) is 4.09. The highest BCUT2D eigenvalue weighted by atomic mass is 16.7. The molecule has 23 heavy (non-hydrogen) atoms. The Hall–Kier alpha value is -3.09. The SMILES string of the molecule is C[C@@H](OC(=O)c1cccnc1)C(=O)Nc1ccc2c(c1)OCO2. The molecule has 0 aliphatic carbocycles. The first-order chi connectivity index (χ1) is 11.1. The van der Waals surface area contributed by atoms with Crippen LogP contribution in [0.5, 0.6) is 11.5 Å². The summed E-state index contributed by atoms with van der Waals surface area (Å²) >= 11 is 0. The molecule has 1 aromatic heterocycles. The molecule has 3 rings (SSSR count). The Bertz CT molecular complexity index is 733. The molecule has 1 aliphatic rings. The van der Waals surface area contributed by atoms with Crippen molar-refractivity contribution >= 4 is 17.6 Å². The molecule has 7 nitrogen and oxygen atoms in total. The highest BCUT2D eigenvalue weighted by Gasteiger charge is 2.20. The molecule has 0 fully saturated rings. The number of ether oxygens (including phenoxy) is 3. The van der Waals surface area contributed by atoms with Crippen molar-refractivity contribution in [3.8, 4) is 11.5 Å². The van der Waals surface area contributed by atoms with Crippen LogP contribution in [0.3, 0.4) is 0 Å². The number of esters is 1. The van der Waals surface area contributed by atoms with Gasteiger partial charge in [0.15, 0.2) is 17.6 Å². The fourth-order valence-electron chi connectivity index (χ4n) is 1.98. The second kappa shape index (κ2) is 6.35. The smallest absolute Gasteiger partial charge is 0.340 e. The van der Waals surface area contributed by atoms with Crippen molar-refractivity contribution in [3.63, 3.8) is 0 Å². The molecule has 1 amide bonds. The lowest BCUT2D eigenvalue weighted by atomic mass is 10.2. The number of nitrogens with zero attached hydrogens (tertiary/aromatic N) is 1. The number of carbonyl (C=O) groups excluding carboxylic acids is 2. The maximum Gasteiger partial charge on any atom is 0.340 e. The van der Waals surface area contributed by atoms with Gasteiger partial charge in [-0.1, -0.05) is 0 Å². The molecule has 0 radical (unpaired) electrons. The minimum Gasteiger partial charge on any atom is -0.454 e. The first kappa shape index (κ1) is 14.8. The number of rotatable bonds is 4. The Morgan fingerprint density at radius 2 is 2.09 bits per heavy atom. The Balaban J connectivity index is 1.60. The summed E-state index contributed by atoms with van der Waals surface area (Å²) in [5.74, 6) is 0.134. The van der Waals surface area contributed by atoms with E-state index in [1.165, 1.54) is 13.1 Å². The number of anilines is 1. The van der Waals surface area contributed by atoms with Crippen LogP contribution in [0.2, 0.25) is 0 Å². The van der Waals surface area contributed by atoms with Crippen LogP contribution in [-0.4, -0.2) is 29.8 Å². The van der Waals surface area contributed by atoms with Gasteiger partial charge in [0.25, 0.3) is 5.91 Å². The van der Waals surface area contributed by atoms with Crippen LogP contribution in [0.15, 0.2) is 42.7 Å². The van der Waals surface area contributed by atoms with Gasteiger partial charge in [-0.3, -0.25) is 9.78 Å². The molecular formula is C16H14N2O5. The van der Waals surface area contributed by atoms with E-state index >= 15 is 0 Å². The van der Waals surface area contributed by atoms with Crippen molar-refractivity contribution in [2.24, 2.45) is 0 Å². The molecule has 7 heteroatoms. The molecule has 2 aromatic rings. The van der Waals surface area contributed by atoms with Crippen LogP contribution >= 0.6 is 0 Å². The van der Waals surface area contributed by atoms with E-state index < -0.39 is 18.0 Å². The molecule has 0 bridgehead atoms. The van der Waals surface area contributed by atoms with E-state index in [4.69, 9.17) is 14.2 Å². The average molecular weight is 314 g/mol. The molecule has 1 atom stereocenters. The lowest BCUT2D eigenvalue weighted by Gasteiger charge is -2.13. The van der Waals surface area contributed by atoms with Crippen LogP contribution in [0.1, 0.15) is 17.3 Å². The lowest BCUT2D eigenvalue weighted by molar-refractivity contribution is -0.123. The van der Waals surface area contributed by atoms with Gasteiger partial charge in [-0.25, -0.2) is 4.79 Å². The Morgan fingerprint density at radius 1 is 1.26 bits per heavy atom. The summed E-state index contributed by atoms with van der Waals surface area (Å²) < 4.78 is 15.6. The van der Waals surface area contributed by atoms with Gasteiger partial charge in [0.05, 0.1) is 5.56 Å². The molecule has 1 aliphatic heterocycles. The van der Waals surface area contributed by atoms with Crippen LogP contribution in [0.4, 0.5) is 5.69 Å². The number of amides is 1. The predicted molar refractivity (Wildman–Crippen MR) is 80.3 cm³/mol. The van der Waals surface area contributed by atoms with Gasteiger partial charge in [-0.05, 0) is 31.2 Å². The number of carbonyl (C=O) groups is 2. The van der Waals surface area contributed by atoms with Crippen LogP contribution in [-0.2, 0) is 9.53 Å². The number of nitrogens with one attached hydrogen (secondary N) is 1. The van der Waals surface area contributed by atoms with E-state index in [1.54, 1.807) is 36.5 Å². The van der Waals surface area contributed by atoms with E-state index in [9.17, 15) is 9.59 Å². The molecule has 1 N–H and O–H groups in total. The maximum absolute atomic E-state index is 12.1. The fraction of sp³-hybridized carbons (Fsp3) is 0.188. The summed E-state index contributed by atoms with van der Waals surface area (Å²) in [4.78, 5) is 27.8. The summed E-state index contributed by atoms with van der Waals surface area (Å²) in [5.41, 5.74) is 0.818. The zero-order chi connectivity index (χ0) is 16.2. The fourth-order valence-corrected chi connectivity index (χ4v) is 1.98. The van der Waals surface area contributed by atoms with E-state index in [0.29, 0.717) is 17.2 Å². The van der Waals surface area contributed by atoms with Gasteiger partial charge >= 0.3 is 5.97 Å². The van der Waals surface area contributed by atoms with Gasteiger partial charge < -0.3 is 19.5 Å². The highest BCUT2D eigenvalue weighted by Crippen LogP contribution is 2.34. The summed E-state index contributed by atoms with van der Waals surface area (Å²) in [5, 5.41) is 2.66. The third-order valence-electron chi connectivity index (χ3n) is 3.19. The normalized spacial score (nSPS) is 13.3. The quantitative estimate of drug-likeness (QED) is 0.869. The van der Waals surface area contributed by atoms with Gasteiger partial charge in [0, 0.05) is 24.1 Å². The van der Waals surface area contributed by atoms with Gasteiger partial charge in [0.1, 0.15) is 0 Å². The van der Waals surface area contributed by atoms with Crippen LogP contribution in [0.25, 0.3) is 0 Å². The summed E-state index contributed by atoms with van der Waals surface area (Å²) in [7, 11) is 0. The van der Waals surface area contributed by atoms with E-state index in [1.807, 2.05) is 0 Å². The minimum atomic E-state index is -0.951. The lowest BCUT2D eigenvalue weighted by Crippen LogP contribution is -2.30. The van der Waals surface area contributed by atoms with Gasteiger partial charge in [-0.2, -0.15) is 0 Å². The molecular weight excluding hydrogens is 300 g/mol. The number of aromatic nitrogens is 1. The van der Waals surface area contributed by atoms with Crippen molar-refractivity contribution in [2.75, 3.05) is 12.1 Å². The standard InChI is InChI=1S/C16H14N2O5/c1-10(23-16(20)11-3-2-6-17-8-11)15(19)18-12-4-5-13-14(7-12)22-9-21-13/h2-8,10H,9H2,1H3,(H,18,19)/t10-/m1/s1. The largest absolute Gasteiger partial charge is 0.454 e.